The van der Waals surface area contributed by atoms with Crippen LogP contribution in [0.3, 0.4) is 0 Å². The molecule has 9 nitrogen and oxygen atoms in total. The molecule has 5 rings (SSSR count). The molecule has 2 aromatic heterocycles. The third-order valence-corrected chi connectivity index (χ3v) is 4.91. The van der Waals surface area contributed by atoms with E-state index in [1.165, 1.54) is 48.5 Å². The third-order valence-electron chi connectivity index (χ3n) is 4.91. The average Bonchev–Trinajstić information content (AvgIpc) is 2.93. The number of aromatic nitrogens is 2. The van der Waals surface area contributed by atoms with Crippen LogP contribution in [0.15, 0.2) is 97.3 Å². The van der Waals surface area contributed by atoms with Crippen molar-refractivity contribution in [3.05, 3.63) is 120 Å². The molecular formula is C28H21N2O7Zn+. The van der Waals surface area contributed by atoms with Gasteiger partial charge in [0.2, 0.25) is 0 Å². The molecule has 38 heavy (non-hydrogen) atoms. The zero-order chi connectivity index (χ0) is 25.9. The number of carboxylic acid groups (broad SMARTS) is 2. The van der Waals surface area contributed by atoms with Crippen molar-refractivity contribution in [3.63, 3.8) is 0 Å². The summed E-state index contributed by atoms with van der Waals surface area (Å²) in [6, 6.07) is 23.2. The molecule has 0 bridgehead atoms. The van der Waals surface area contributed by atoms with Gasteiger partial charge in [0, 0.05) is 34.3 Å². The van der Waals surface area contributed by atoms with Crippen LogP contribution in [0.4, 0.5) is 0 Å². The van der Waals surface area contributed by atoms with Crippen LogP contribution in [0.25, 0.3) is 21.8 Å². The van der Waals surface area contributed by atoms with Crippen molar-refractivity contribution < 1.29 is 54.3 Å². The van der Waals surface area contributed by atoms with Crippen LogP contribution < -0.4 is 10.2 Å². The first kappa shape index (κ1) is 31.4. The van der Waals surface area contributed by atoms with Gasteiger partial charge in [0.25, 0.3) is 0 Å². The summed E-state index contributed by atoms with van der Waals surface area (Å²) in [5, 5.41) is 22.7. The Labute approximate surface area is 229 Å². The number of aldehydes is 2. The standard InChI is InChI=1S/C12H8N2.2C8H6O3.H2O.Zn/c1-3-9-5-6-10-4-2-8-14-12(10)11(9)13-7-1;2*9-5-6-1-3-7(4-2-6)8(10)11;;/h1-8H;2*1-5H,(H,10,11);1H2;/q;;;;+2/p-1. The molecule has 0 aliphatic carbocycles. The molecule has 0 saturated heterocycles. The first-order valence-corrected chi connectivity index (χ1v) is 10.5. The summed E-state index contributed by atoms with van der Waals surface area (Å²) in [4.78, 5) is 49.3. The van der Waals surface area contributed by atoms with Gasteiger partial charge in [-0.05, 0) is 23.3 Å². The minimum Gasteiger partial charge on any atom is -0.545 e. The quantitative estimate of drug-likeness (QED) is 0.137. The van der Waals surface area contributed by atoms with Gasteiger partial charge >= 0.3 is 19.5 Å². The van der Waals surface area contributed by atoms with Gasteiger partial charge < -0.3 is 25.3 Å². The molecular weight excluding hydrogens is 542 g/mol. The second kappa shape index (κ2) is 15.5. The van der Waals surface area contributed by atoms with E-state index in [9.17, 15) is 29.4 Å². The molecule has 0 spiro atoms. The van der Waals surface area contributed by atoms with Crippen LogP contribution in [0.1, 0.15) is 41.4 Å². The Morgan fingerprint density at radius 2 is 0.921 bits per heavy atom. The summed E-state index contributed by atoms with van der Waals surface area (Å²) in [5.74, 6) is -2.47. The smallest absolute Gasteiger partial charge is 0.545 e. The Hall–Kier alpha value is -4.66. The molecule has 5 aromatic rings. The first-order chi connectivity index (χ1) is 17.4. The fraction of sp³-hybridized carbons (Fsp3) is 0. The van der Waals surface area contributed by atoms with Crippen LogP contribution in [0.5, 0.6) is 0 Å². The molecule has 0 saturated carbocycles. The Bertz CT molecular complexity index is 1410. The van der Waals surface area contributed by atoms with E-state index in [1.54, 1.807) is 12.4 Å². The van der Waals surface area contributed by atoms with Gasteiger partial charge in [0.05, 0.1) is 23.0 Å². The number of carbonyl (C=O) groups is 4. The summed E-state index contributed by atoms with van der Waals surface area (Å²) < 4.78 is 0. The van der Waals surface area contributed by atoms with E-state index >= 15 is 0 Å². The molecule has 10 heteroatoms. The SMILES string of the molecule is O=Cc1ccc(C(=O)[O-])cc1.O=Cc1ccc(C(=O)[O-])cc1.[OH3+].[Zn+2].c1cnc2c(c1)ccc1cccnc12. The number of hydrogen-bond acceptors (Lipinski definition) is 8. The van der Waals surface area contributed by atoms with E-state index in [-0.39, 0.29) is 36.1 Å². The molecule has 0 amide bonds. The summed E-state index contributed by atoms with van der Waals surface area (Å²) in [7, 11) is 0. The topological polar surface area (TPSA) is 173 Å². The Kier molecular flexibility index (Phi) is 12.8. The fourth-order valence-electron chi connectivity index (χ4n) is 3.08. The van der Waals surface area contributed by atoms with Crippen LogP contribution in [0, 0.1) is 0 Å². The normalized spacial score (nSPS) is 9.26. The van der Waals surface area contributed by atoms with Gasteiger partial charge in [-0.25, -0.2) is 0 Å². The zero-order valence-corrected chi connectivity index (χ0v) is 23.0. The molecule has 0 fully saturated rings. The van der Waals surface area contributed by atoms with Crippen molar-refractivity contribution in [2.75, 3.05) is 0 Å². The molecule has 3 aromatic carbocycles. The molecule has 0 aliphatic rings. The van der Waals surface area contributed by atoms with Crippen molar-refractivity contribution >= 4 is 46.3 Å². The first-order valence-electron chi connectivity index (χ1n) is 10.5. The van der Waals surface area contributed by atoms with Gasteiger partial charge in [-0.1, -0.05) is 72.8 Å². The van der Waals surface area contributed by atoms with Gasteiger partial charge in [-0.3, -0.25) is 19.6 Å². The summed E-state index contributed by atoms with van der Waals surface area (Å²) in [6.07, 6.45) is 4.91. The second-order valence-electron chi connectivity index (χ2n) is 7.27. The molecule has 2 heterocycles. The van der Waals surface area contributed by atoms with E-state index in [1.807, 2.05) is 12.1 Å². The molecule has 186 valence electrons. The van der Waals surface area contributed by atoms with E-state index < -0.39 is 11.9 Å². The van der Waals surface area contributed by atoms with Crippen molar-refractivity contribution in [1.82, 2.24) is 9.97 Å². The minimum atomic E-state index is -1.23. The van der Waals surface area contributed by atoms with Crippen molar-refractivity contribution in [2.45, 2.75) is 0 Å². The number of carbonyl (C=O) groups excluding carboxylic acids is 4. The maximum absolute atomic E-state index is 10.2. The van der Waals surface area contributed by atoms with Crippen LogP contribution in [0.2, 0.25) is 0 Å². The van der Waals surface area contributed by atoms with Crippen LogP contribution in [-0.4, -0.2) is 34.5 Å². The predicted molar refractivity (Wildman–Crippen MR) is 134 cm³/mol. The number of hydrogen-bond donors (Lipinski definition) is 0. The van der Waals surface area contributed by atoms with Crippen molar-refractivity contribution in [2.24, 2.45) is 0 Å². The maximum Gasteiger partial charge on any atom is 2.00 e. The monoisotopic (exact) mass is 561 g/mol. The third kappa shape index (κ3) is 8.48. The summed E-state index contributed by atoms with van der Waals surface area (Å²) in [6.45, 7) is 0. The van der Waals surface area contributed by atoms with Crippen LogP contribution in [-0.2, 0) is 25.0 Å². The Morgan fingerprint density at radius 1 is 0.579 bits per heavy atom. The molecule has 0 radical (unpaired) electrons. The zero-order valence-electron chi connectivity index (χ0n) is 20.0. The predicted octanol–water partition coefficient (Wildman–Crippen LogP) is 1.58. The Balaban J connectivity index is 0.000000281. The molecule has 3 N–H and O–H groups in total. The fourth-order valence-corrected chi connectivity index (χ4v) is 3.08. The maximum atomic E-state index is 10.2. The molecule has 0 atom stereocenters. The van der Waals surface area contributed by atoms with Gasteiger partial charge in [-0.2, -0.15) is 0 Å². The van der Waals surface area contributed by atoms with Gasteiger partial charge in [0.1, 0.15) is 12.6 Å². The second-order valence-corrected chi connectivity index (χ2v) is 7.27. The number of rotatable bonds is 4. The number of fused-ring (bicyclic) bond motifs is 3. The number of benzene rings is 3. The van der Waals surface area contributed by atoms with E-state index in [2.05, 4.69) is 34.2 Å². The van der Waals surface area contributed by atoms with Crippen molar-refractivity contribution in [1.29, 1.82) is 0 Å². The summed E-state index contributed by atoms with van der Waals surface area (Å²) in [5.41, 5.74) is 3.02. The Morgan fingerprint density at radius 3 is 1.21 bits per heavy atom. The number of pyridine rings is 2. The van der Waals surface area contributed by atoms with E-state index in [4.69, 9.17) is 0 Å². The van der Waals surface area contributed by atoms with Crippen molar-refractivity contribution in [3.8, 4) is 0 Å². The average molecular weight is 563 g/mol. The number of nitrogens with zero attached hydrogens (tertiary/aromatic N) is 2. The number of carboxylic acids is 2. The molecule has 0 unspecified atom stereocenters. The van der Waals surface area contributed by atoms with E-state index in [0.717, 1.165) is 21.8 Å². The number of aromatic carboxylic acids is 2. The van der Waals surface area contributed by atoms with Gasteiger partial charge in [-0.15, -0.1) is 0 Å². The largest absolute Gasteiger partial charge is 2.00 e. The van der Waals surface area contributed by atoms with E-state index in [0.29, 0.717) is 23.7 Å². The van der Waals surface area contributed by atoms with Gasteiger partial charge in [0.15, 0.2) is 0 Å². The minimum absolute atomic E-state index is 0. The summed E-state index contributed by atoms with van der Waals surface area (Å²) >= 11 is 0. The molecule has 0 aliphatic heterocycles. The van der Waals surface area contributed by atoms with Crippen LogP contribution >= 0.6 is 0 Å².